The number of rotatable bonds is 2. The molecule has 0 saturated carbocycles. The van der Waals surface area contributed by atoms with Gasteiger partial charge in [0.05, 0.1) is 0 Å². The molecule has 0 atom stereocenters. The van der Waals surface area contributed by atoms with Gasteiger partial charge in [-0.25, -0.2) is 4.98 Å². The van der Waals surface area contributed by atoms with Crippen molar-refractivity contribution < 1.29 is 0 Å². The summed E-state index contributed by atoms with van der Waals surface area (Å²) in [6, 6.07) is 1.55. The lowest BCUT2D eigenvalue weighted by Gasteiger charge is -2.06. The summed E-state index contributed by atoms with van der Waals surface area (Å²) in [4.78, 5) is 15.5. The maximum Gasteiger partial charge on any atom is 0.253 e. The fourth-order valence-electron chi connectivity index (χ4n) is 1.12. The van der Waals surface area contributed by atoms with E-state index in [9.17, 15) is 4.79 Å². The first-order chi connectivity index (χ1) is 5.65. The quantitative estimate of drug-likeness (QED) is 0.718. The molecular formula is C8H11BrN2O. The van der Waals surface area contributed by atoms with E-state index >= 15 is 0 Å². The first-order valence-corrected chi connectivity index (χ1v) is 4.88. The Bertz CT molecular complexity index is 332. The second kappa shape index (κ2) is 3.85. The van der Waals surface area contributed by atoms with Gasteiger partial charge in [-0.2, -0.15) is 0 Å². The van der Waals surface area contributed by atoms with Crippen LogP contribution in [0.2, 0.25) is 0 Å². The van der Waals surface area contributed by atoms with Crippen LogP contribution in [0.1, 0.15) is 11.5 Å². The van der Waals surface area contributed by atoms with Gasteiger partial charge >= 0.3 is 0 Å². The summed E-state index contributed by atoms with van der Waals surface area (Å²) in [7, 11) is 0. The van der Waals surface area contributed by atoms with E-state index in [1.54, 1.807) is 10.6 Å². The van der Waals surface area contributed by atoms with Crippen LogP contribution in [-0.2, 0) is 6.54 Å². The van der Waals surface area contributed by atoms with E-state index in [0.29, 0.717) is 6.54 Å². The zero-order valence-corrected chi connectivity index (χ0v) is 8.76. The van der Waals surface area contributed by atoms with Crippen LogP contribution in [-0.4, -0.2) is 14.9 Å². The van der Waals surface area contributed by atoms with E-state index in [1.165, 1.54) is 0 Å². The molecule has 0 spiro atoms. The number of hydrogen-bond acceptors (Lipinski definition) is 2. The lowest BCUT2D eigenvalue weighted by atomic mass is 10.4. The molecule has 0 aromatic carbocycles. The second-order valence-electron chi connectivity index (χ2n) is 2.62. The van der Waals surface area contributed by atoms with Crippen molar-refractivity contribution in [3.05, 3.63) is 27.9 Å². The van der Waals surface area contributed by atoms with Gasteiger partial charge in [0.15, 0.2) is 0 Å². The summed E-state index contributed by atoms with van der Waals surface area (Å²) in [6.45, 7) is 4.35. The molecule has 0 N–H and O–H groups in total. The van der Waals surface area contributed by atoms with E-state index in [0.717, 1.165) is 16.8 Å². The molecule has 0 bridgehead atoms. The van der Waals surface area contributed by atoms with Crippen LogP contribution in [0.25, 0.3) is 0 Å². The molecule has 3 nitrogen and oxygen atoms in total. The van der Waals surface area contributed by atoms with Crippen LogP contribution >= 0.6 is 15.9 Å². The highest BCUT2D eigenvalue weighted by atomic mass is 79.9. The summed E-state index contributed by atoms with van der Waals surface area (Å²) in [6.07, 6.45) is 0. The highest BCUT2D eigenvalue weighted by molar-refractivity contribution is 9.09. The van der Waals surface area contributed by atoms with E-state index < -0.39 is 0 Å². The normalized spacial score (nSPS) is 10.2. The van der Waals surface area contributed by atoms with Crippen LogP contribution < -0.4 is 5.56 Å². The Morgan fingerprint density at radius 2 is 2.25 bits per heavy atom. The topological polar surface area (TPSA) is 34.9 Å². The van der Waals surface area contributed by atoms with Crippen LogP contribution in [0.15, 0.2) is 10.9 Å². The third-order valence-corrected chi connectivity index (χ3v) is 1.99. The average molecular weight is 231 g/mol. The minimum Gasteiger partial charge on any atom is -0.296 e. The summed E-state index contributed by atoms with van der Waals surface area (Å²) in [5.41, 5.74) is 0.808. The van der Waals surface area contributed by atoms with Crippen molar-refractivity contribution in [3.8, 4) is 0 Å². The highest BCUT2D eigenvalue weighted by Crippen LogP contribution is 1.94. The third-order valence-electron chi connectivity index (χ3n) is 1.64. The zero-order valence-electron chi connectivity index (χ0n) is 7.17. The molecule has 0 unspecified atom stereocenters. The Balaban J connectivity index is 3.19. The minimum atomic E-state index is 0.0273. The lowest BCUT2D eigenvalue weighted by molar-refractivity contribution is 0.678. The maximum absolute atomic E-state index is 11.4. The van der Waals surface area contributed by atoms with E-state index in [4.69, 9.17) is 0 Å². The fourth-order valence-corrected chi connectivity index (χ4v) is 1.48. The van der Waals surface area contributed by atoms with Crippen LogP contribution in [0, 0.1) is 13.8 Å². The SMILES string of the molecule is Cc1cc(=O)n(CCBr)c(C)n1. The summed E-state index contributed by atoms with van der Waals surface area (Å²) in [5.74, 6) is 0.777. The van der Waals surface area contributed by atoms with Gasteiger partial charge in [0.1, 0.15) is 5.82 Å². The lowest BCUT2D eigenvalue weighted by Crippen LogP contribution is -2.24. The smallest absolute Gasteiger partial charge is 0.253 e. The second-order valence-corrected chi connectivity index (χ2v) is 3.42. The Hall–Kier alpha value is -0.640. The number of halogens is 1. The van der Waals surface area contributed by atoms with E-state index in [2.05, 4.69) is 20.9 Å². The Labute approximate surface area is 79.6 Å². The summed E-state index contributed by atoms with van der Waals surface area (Å²) >= 11 is 3.29. The van der Waals surface area contributed by atoms with E-state index in [-0.39, 0.29) is 5.56 Å². The van der Waals surface area contributed by atoms with Crippen molar-refractivity contribution in [2.24, 2.45) is 0 Å². The monoisotopic (exact) mass is 230 g/mol. The predicted octanol–water partition coefficient (Wildman–Crippen LogP) is 1.26. The maximum atomic E-state index is 11.4. The molecule has 0 aliphatic heterocycles. The molecule has 0 saturated heterocycles. The molecule has 1 heterocycles. The number of aromatic nitrogens is 2. The molecule has 0 radical (unpaired) electrons. The Morgan fingerprint density at radius 1 is 1.58 bits per heavy atom. The molecule has 4 heteroatoms. The third kappa shape index (κ3) is 1.94. The van der Waals surface area contributed by atoms with Crippen molar-refractivity contribution in [2.45, 2.75) is 20.4 Å². The first kappa shape index (κ1) is 9.45. The van der Waals surface area contributed by atoms with Crippen molar-refractivity contribution in [2.75, 3.05) is 5.33 Å². The van der Waals surface area contributed by atoms with Gasteiger partial charge in [0.25, 0.3) is 5.56 Å². The number of aryl methyl sites for hydroxylation is 2. The molecule has 0 amide bonds. The van der Waals surface area contributed by atoms with Gasteiger partial charge in [-0.05, 0) is 13.8 Å². The van der Waals surface area contributed by atoms with Gasteiger partial charge < -0.3 is 0 Å². The largest absolute Gasteiger partial charge is 0.296 e. The molecule has 1 aromatic heterocycles. The molecule has 66 valence electrons. The van der Waals surface area contributed by atoms with Crippen LogP contribution in [0.3, 0.4) is 0 Å². The van der Waals surface area contributed by atoms with Crippen molar-refractivity contribution in [1.29, 1.82) is 0 Å². The van der Waals surface area contributed by atoms with Crippen molar-refractivity contribution in [1.82, 2.24) is 9.55 Å². The highest BCUT2D eigenvalue weighted by Gasteiger charge is 2.00. The van der Waals surface area contributed by atoms with Gasteiger partial charge in [0.2, 0.25) is 0 Å². The van der Waals surface area contributed by atoms with E-state index in [1.807, 2.05) is 13.8 Å². The van der Waals surface area contributed by atoms with Gasteiger partial charge in [0, 0.05) is 23.6 Å². The first-order valence-electron chi connectivity index (χ1n) is 3.76. The Kier molecular flexibility index (Phi) is 3.03. The molecule has 1 aromatic rings. The average Bonchev–Trinajstić information content (AvgIpc) is 1.96. The fraction of sp³-hybridized carbons (Fsp3) is 0.500. The Morgan fingerprint density at radius 3 is 2.75 bits per heavy atom. The molecule has 0 fully saturated rings. The van der Waals surface area contributed by atoms with Crippen molar-refractivity contribution >= 4 is 15.9 Å². The van der Waals surface area contributed by atoms with Gasteiger partial charge in [-0.1, -0.05) is 15.9 Å². The molecule has 12 heavy (non-hydrogen) atoms. The molecule has 0 aliphatic rings. The van der Waals surface area contributed by atoms with Crippen LogP contribution in [0.5, 0.6) is 0 Å². The summed E-state index contributed by atoms with van der Waals surface area (Å²) < 4.78 is 1.65. The van der Waals surface area contributed by atoms with Crippen molar-refractivity contribution in [3.63, 3.8) is 0 Å². The number of alkyl halides is 1. The molecule has 0 aliphatic carbocycles. The number of nitrogens with zero attached hydrogens (tertiary/aromatic N) is 2. The molecular weight excluding hydrogens is 220 g/mol. The number of hydrogen-bond donors (Lipinski definition) is 0. The zero-order chi connectivity index (χ0) is 9.14. The minimum absolute atomic E-state index is 0.0273. The molecule has 1 rings (SSSR count). The van der Waals surface area contributed by atoms with Gasteiger partial charge in [-0.3, -0.25) is 9.36 Å². The van der Waals surface area contributed by atoms with Gasteiger partial charge in [-0.15, -0.1) is 0 Å². The standard InChI is InChI=1S/C8H11BrN2O/c1-6-5-8(12)11(4-3-9)7(2)10-6/h5H,3-4H2,1-2H3. The predicted molar refractivity (Wildman–Crippen MR) is 51.8 cm³/mol. The van der Waals surface area contributed by atoms with Crippen LogP contribution in [0.4, 0.5) is 0 Å². The summed E-state index contributed by atoms with van der Waals surface area (Å²) in [5, 5.41) is 0.776.